The highest BCUT2D eigenvalue weighted by molar-refractivity contribution is 5.85. The predicted molar refractivity (Wildman–Crippen MR) is 113 cm³/mol. The second kappa shape index (κ2) is 7.92. The van der Waals surface area contributed by atoms with E-state index in [2.05, 4.69) is 17.0 Å². The quantitative estimate of drug-likeness (QED) is 0.588. The minimum Gasteiger partial charge on any atom is -0.507 e. The molecule has 0 bridgehead atoms. The molecule has 0 atom stereocenters. The van der Waals surface area contributed by atoms with Crippen LogP contribution < -0.4 is 4.74 Å². The van der Waals surface area contributed by atoms with Crippen LogP contribution in [0.25, 0.3) is 22.4 Å². The molecule has 29 heavy (non-hydrogen) atoms. The Kier molecular flexibility index (Phi) is 5.56. The van der Waals surface area contributed by atoms with Crippen molar-refractivity contribution in [3.8, 4) is 51.5 Å². The molecule has 2 aromatic carbocycles. The number of benzene rings is 2. The SMILES string of the molecule is COc1ccc(-c2c(-c3cc(CC#CC(C)(C)C)c(O)cc3O)noc2C)cc1. The van der Waals surface area contributed by atoms with Gasteiger partial charge in [-0.25, -0.2) is 0 Å². The summed E-state index contributed by atoms with van der Waals surface area (Å²) >= 11 is 0. The first-order valence-electron chi connectivity index (χ1n) is 9.35. The van der Waals surface area contributed by atoms with Gasteiger partial charge in [0.25, 0.3) is 0 Å². The molecule has 1 aromatic heterocycles. The molecule has 2 N–H and O–H groups in total. The second-order valence-corrected chi connectivity index (χ2v) is 7.92. The van der Waals surface area contributed by atoms with Crippen molar-refractivity contribution in [2.75, 3.05) is 7.11 Å². The molecule has 0 unspecified atom stereocenters. The number of methoxy groups -OCH3 is 1. The molecule has 0 aliphatic carbocycles. The zero-order valence-electron chi connectivity index (χ0n) is 17.3. The summed E-state index contributed by atoms with van der Waals surface area (Å²) in [7, 11) is 1.61. The number of phenols is 2. The van der Waals surface area contributed by atoms with Crippen molar-refractivity contribution in [3.05, 3.63) is 47.7 Å². The van der Waals surface area contributed by atoms with E-state index >= 15 is 0 Å². The fraction of sp³-hybridized carbons (Fsp3) is 0.292. The molecule has 150 valence electrons. The van der Waals surface area contributed by atoms with Crippen molar-refractivity contribution in [2.45, 2.75) is 34.1 Å². The molecular formula is C24H25NO4. The summed E-state index contributed by atoms with van der Waals surface area (Å²) in [4.78, 5) is 0. The smallest absolute Gasteiger partial charge is 0.142 e. The lowest BCUT2D eigenvalue weighted by Crippen LogP contribution is -1.99. The number of hydrogen-bond donors (Lipinski definition) is 2. The maximum absolute atomic E-state index is 10.5. The van der Waals surface area contributed by atoms with Gasteiger partial charge in [-0.15, -0.1) is 0 Å². The molecule has 0 fully saturated rings. The van der Waals surface area contributed by atoms with Crippen LogP contribution >= 0.6 is 0 Å². The zero-order valence-corrected chi connectivity index (χ0v) is 17.3. The van der Waals surface area contributed by atoms with Gasteiger partial charge >= 0.3 is 0 Å². The van der Waals surface area contributed by atoms with E-state index < -0.39 is 0 Å². The maximum Gasteiger partial charge on any atom is 0.142 e. The summed E-state index contributed by atoms with van der Waals surface area (Å²) in [6.07, 6.45) is 0.366. The fourth-order valence-electron chi connectivity index (χ4n) is 3.01. The van der Waals surface area contributed by atoms with Crippen LogP contribution in [0.15, 0.2) is 40.9 Å². The summed E-state index contributed by atoms with van der Waals surface area (Å²) in [5.41, 5.74) is 3.16. The lowest BCUT2D eigenvalue weighted by atomic mass is 9.95. The van der Waals surface area contributed by atoms with Gasteiger partial charge in [-0.05, 0) is 51.5 Å². The van der Waals surface area contributed by atoms with E-state index in [1.54, 1.807) is 13.2 Å². The van der Waals surface area contributed by atoms with Gasteiger partial charge in [0.15, 0.2) is 0 Å². The molecule has 0 radical (unpaired) electrons. The molecule has 0 amide bonds. The van der Waals surface area contributed by atoms with E-state index in [-0.39, 0.29) is 16.9 Å². The maximum atomic E-state index is 10.5. The predicted octanol–water partition coefficient (Wildman–Crippen LogP) is 5.33. The van der Waals surface area contributed by atoms with Crippen molar-refractivity contribution in [1.29, 1.82) is 0 Å². The number of aromatic hydroxyl groups is 2. The summed E-state index contributed by atoms with van der Waals surface area (Å²) < 4.78 is 10.7. The molecule has 5 heteroatoms. The van der Waals surface area contributed by atoms with Crippen molar-refractivity contribution in [2.24, 2.45) is 5.41 Å². The van der Waals surface area contributed by atoms with Gasteiger partial charge in [0.2, 0.25) is 0 Å². The van der Waals surface area contributed by atoms with E-state index in [0.717, 1.165) is 16.9 Å². The van der Waals surface area contributed by atoms with Gasteiger partial charge in [-0.1, -0.05) is 29.1 Å². The highest BCUT2D eigenvalue weighted by Crippen LogP contribution is 2.41. The van der Waals surface area contributed by atoms with Gasteiger partial charge in [-0.3, -0.25) is 0 Å². The van der Waals surface area contributed by atoms with Crippen LogP contribution in [-0.4, -0.2) is 22.5 Å². The lowest BCUT2D eigenvalue weighted by molar-refractivity contribution is 0.399. The van der Waals surface area contributed by atoms with Crippen molar-refractivity contribution < 1.29 is 19.5 Å². The Morgan fingerprint density at radius 2 is 1.76 bits per heavy atom. The lowest BCUT2D eigenvalue weighted by Gasteiger charge is -2.10. The van der Waals surface area contributed by atoms with Gasteiger partial charge in [0, 0.05) is 29.0 Å². The average molecular weight is 391 g/mol. The summed E-state index contributed by atoms with van der Waals surface area (Å²) in [5, 5.41) is 24.9. The molecular weight excluding hydrogens is 366 g/mol. The number of nitrogens with zero attached hydrogens (tertiary/aromatic N) is 1. The summed E-state index contributed by atoms with van der Waals surface area (Å²) in [6, 6.07) is 10.6. The van der Waals surface area contributed by atoms with Crippen molar-refractivity contribution >= 4 is 0 Å². The van der Waals surface area contributed by atoms with Gasteiger partial charge < -0.3 is 19.5 Å². The van der Waals surface area contributed by atoms with Gasteiger partial charge in [-0.2, -0.15) is 0 Å². The minimum atomic E-state index is -0.125. The Balaban J connectivity index is 2.07. The molecule has 3 rings (SSSR count). The van der Waals surface area contributed by atoms with E-state index in [1.165, 1.54) is 6.07 Å². The minimum absolute atomic E-state index is 0.000624. The van der Waals surface area contributed by atoms with E-state index in [1.807, 2.05) is 52.0 Å². The molecule has 5 nitrogen and oxygen atoms in total. The number of phenolic OH excluding ortho intramolecular Hbond substituents is 2. The molecule has 0 aliphatic heterocycles. The zero-order chi connectivity index (χ0) is 21.2. The van der Waals surface area contributed by atoms with Crippen LogP contribution in [0.3, 0.4) is 0 Å². The topological polar surface area (TPSA) is 75.7 Å². The average Bonchev–Trinajstić information content (AvgIpc) is 3.04. The fourth-order valence-corrected chi connectivity index (χ4v) is 3.01. The number of aryl methyl sites for hydroxylation is 1. The molecule has 3 aromatic rings. The Morgan fingerprint density at radius 3 is 2.38 bits per heavy atom. The Hall–Kier alpha value is -3.39. The molecule has 0 saturated carbocycles. The Labute approximate surface area is 170 Å². The van der Waals surface area contributed by atoms with E-state index in [9.17, 15) is 10.2 Å². The van der Waals surface area contributed by atoms with Crippen molar-refractivity contribution in [1.82, 2.24) is 5.16 Å². The summed E-state index contributed by atoms with van der Waals surface area (Å²) in [5.74, 6) is 7.56. The van der Waals surface area contributed by atoms with Gasteiger partial charge in [0.1, 0.15) is 28.7 Å². The monoisotopic (exact) mass is 391 g/mol. The highest BCUT2D eigenvalue weighted by atomic mass is 16.5. The van der Waals surface area contributed by atoms with Crippen LogP contribution in [0.4, 0.5) is 0 Å². The number of aromatic nitrogens is 1. The number of rotatable bonds is 4. The Bertz CT molecular complexity index is 1080. The van der Waals surface area contributed by atoms with Crippen LogP contribution in [0.5, 0.6) is 17.2 Å². The van der Waals surface area contributed by atoms with Crippen LogP contribution in [0.1, 0.15) is 32.1 Å². The molecule has 0 saturated heterocycles. The normalized spacial score (nSPS) is 11.1. The van der Waals surface area contributed by atoms with Gasteiger partial charge in [0.05, 0.1) is 12.7 Å². The number of hydrogen-bond acceptors (Lipinski definition) is 5. The molecule has 0 aliphatic rings. The van der Waals surface area contributed by atoms with E-state index in [4.69, 9.17) is 9.26 Å². The first-order chi connectivity index (χ1) is 13.7. The van der Waals surface area contributed by atoms with Crippen LogP contribution in [0.2, 0.25) is 0 Å². The van der Waals surface area contributed by atoms with Crippen LogP contribution in [0, 0.1) is 24.2 Å². The third-order valence-electron chi connectivity index (χ3n) is 4.44. The van der Waals surface area contributed by atoms with Crippen molar-refractivity contribution in [3.63, 3.8) is 0 Å². The largest absolute Gasteiger partial charge is 0.507 e. The van der Waals surface area contributed by atoms with Crippen LogP contribution in [-0.2, 0) is 6.42 Å². The molecule has 1 heterocycles. The Morgan fingerprint density at radius 1 is 1.07 bits per heavy atom. The first kappa shape index (κ1) is 20.3. The number of ether oxygens (including phenoxy) is 1. The third-order valence-corrected chi connectivity index (χ3v) is 4.44. The molecule has 0 spiro atoms. The third kappa shape index (κ3) is 4.55. The first-order valence-corrected chi connectivity index (χ1v) is 9.35. The summed E-state index contributed by atoms with van der Waals surface area (Å²) in [6.45, 7) is 7.91. The highest BCUT2D eigenvalue weighted by Gasteiger charge is 2.21. The van der Waals surface area contributed by atoms with E-state index in [0.29, 0.717) is 29.0 Å². The second-order valence-electron chi connectivity index (χ2n) is 7.92. The standard InChI is InChI=1S/C24H25NO4/c1-15-22(16-8-10-18(28-5)11-9-16)23(25-29-15)19-13-17(20(26)14-21(19)27)7-6-12-24(2,3)4/h8-11,13-14,26-27H,7H2,1-5H3.